The summed E-state index contributed by atoms with van der Waals surface area (Å²) >= 11 is 0. The van der Waals surface area contributed by atoms with Gasteiger partial charge in [-0.05, 0) is 62.8 Å². The van der Waals surface area contributed by atoms with Gasteiger partial charge in [0.15, 0.2) is 0 Å². The molecule has 2 nitrogen and oxygen atoms in total. The Bertz CT molecular complexity index is 477. The van der Waals surface area contributed by atoms with Crippen molar-refractivity contribution < 1.29 is 4.39 Å². The predicted molar refractivity (Wildman–Crippen MR) is 84.9 cm³/mol. The van der Waals surface area contributed by atoms with Crippen molar-refractivity contribution in [3.05, 3.63) is 34.6 Å². The molecule has 2 aliphatic heterocycles. The summed E-state index contributed by atoms with van der Waals surface area (Å²) in [4.78, 5) is 2.67. The first-order chi connectivity index (χ1) is 10.1. The second kappa shape index (κ2) is 6.05. The average Bonchev–Trinajstić information content (AvgIpc) is 2.68. The van der Waals surface area contributed by atoms with Gasteiger partial charge in [-0.15, -0.1) is 0 Å². The first-order valence-corrected chi connectivity index (χ1v) is 8.33. The van der Waals surface area contributed by atoms with Crippen LogP contribution in [0.2, 0.25) is 0 Å². The molecule has 0 radical (unpaired) electrons. The Morgan fingerprint density at radius 1 is 1.14 bits per heavy atom. The van der Waals surface area contributed by atoms with E-state index in [-0.39, 0.29) is 5.82 Å². The van der Waals surface area contributed by atoms with E-state index in [9.17, 15) is 4.39 Å². The molecule has 2 heterocycles. The van der Waals surface area contributed by atoms with E-state index in [0.29, 0.717) is 18.1 Å². The third kappa shape index (κ3) is 3.00. The molecule has 3 rings (SSSR count). The number of hydrogen-bond donors (Lipinski definition) is 1. The highest BCUT2D eigenvalue weighted by Gasteiger charge is 2.40. The van der Waals surface area contributed by atoms with Crippen LogP contribution >= 0.6 is 0 Å². The minimum Gasteiger partial charge on any atom is -0.314 e. The van der Waals surface area contributed by atoms with E-state index in [4.69, 9.17) is 0 Å². The molecule has 2 fully saturated rings. The highest BCUT2D eigenvalue weighted by Crippen LogP contribution is 2.37. The summed E-state index contributed by atoms with van der Waals surface area (Å²) in [6, 6.07) is 6.16. The summed E-state index contributed by atoms with van der Waals surface area (Å²) in [5, 5.41) is 3.62. The quantitative estimate of drug-likeness (QED) is 0.912. The largest absolute Gasteiger partial charge is 0.314 e. The molecular weight excluding hydrogens is 263 g/mol. The Labute approximate surface area is 127 Å². The second-order valence-electron chi connectivity index (χ2n) is 6.83. The molecule has 2 atom stereocenters. The number of fused-ring (bicyclic) bond motifs is 2. The standard InChI is InChI=1S/C18H27FN2/c1-4-20-15-9-16-5-6-17(10-15)21(16)11-14-7-12(2)18(19)13(3)8-14/h7-8,15-17,20H,4-6,9-11H2,1-3H3. The zero-order valence-electron chi connectivity index (χ0n) is 13.5. The van der Waals surface area contributed by atoms with Crippen LogP contribution in [0.4, 0.5) is 4.39 Å². The van der Waals surface area contributed by atoms with Crippen molar-refractivity contribution >= 4 is 0 Å². The van der Waals surface area contributed by atoms with Crippen molar-refractivity contribution in [2.75, 3.05) is 6.54 Å². The van der Waals surface area contributed by atoms with Crippen LogP contribution in [0.15, 0.2) is 12.1 Å². The fourth-order valence-electron chi connectivity index (χ4n) is 4.33. The lowest BCUT2D eigenvalue weighted by atomic mass is 9.96. The Kier molecular flexibility index (Phi) is 4.32. The molecule has 2 saturated heterocycles. The molecule has 0 aromatic heterocycles. The Morgan fingerprint density at radius 3 is 2.24 bits per heavy atom. The lowest BCUT2D eigenvalue weighted by Crippen LogP contribution is -2.48. The molecule has 2 aliphatic rings. The van der Waals surface area contributed by atoms with Crippen LogP contribution in [0.25, 0.3) is 0 Å². The zero-order valence-corrected chi connectivity index (χ0v) is 13.5. The number of halogens is 1. The Morgan fingerprint density at radius 2 is 1.71 bits per heavy atom. The monoisotopic (exact) mass is 290 g/mol. The van der Waals surface area contributed by atoms with Crippen molar-refractivity contribution in [3.8, 4) is 0 Å². The highest BCUT2D eigenvalue weighted by atomic mass is 19.1. The Balaban J connectivity index is 1.72. The third-order valence-electron chi connectivity index (χ3n) is 5.24. The first-order valence-electron chi connectivity index (χ1n) is 8.33. The van der Waals surface area contributed by atoms with E-state index >= 15 is 0 Å². The van der Waals surface area contributed by atoms with E-state index < -0.39 is 0 Å². The van der Waals surface area contributed by atoms with Crippen LogP contribution < -0.4 is 5.32 Å². The van der Waals surface area contributed by atoms with Gasteiger partial charge in [0.25, 0.3) is 0 Å². The first kappa shape index (κ1) is 15.0. The van der Waals surface area contributed by atoms with E-state index in [2.05, 4.69) is 17.1 Å². The van der Waals surface area contributed by atoms with Gasteiger partial charge >= 0.3 is 0 Å². The molecule has 2 unspecified atom stereocenters. The number of nitrogens with zero attached hydrogens (tertiary/aromatic N) is 1. The molecule has 3 heteroatoms. The molecule has 1 N–H and O–H groups in total. The maximum absolute atomic E-state index is 13.8. The number of benzene rings is 1. The maximum Gasteiger partial charge on any atom is 0.129 e. The summed E-state index contributed by atoms with van der Waals surface area (Å²) < 4.78 is 13.8. The zero-order chi connectivity index (χ0) is 15.0. The second-order valence-corrected chi connectivity index (χ2v) is 6.83. The molecule has 1 aromatic carbocycles. The van der Waals surface area contributed by atoms with Crippen LogP contribution in [-0.2, 0) is 6.54 Å². The Hall–Kier alpha value is -0.930. The summed E-state index contributed by atoms with van der Waals surface area (Å²) in [6.07, 6.45) is 5.18. The molecule has 0 saturated carbocycles. The predicted octanol–water partition coefficient (Wildman–Crippen LogP) is 3.55. The number of hydrogen-bond acceptors (Lipinski definition) is 2. The third-order valence-corrected chi connectivity index (χ3v) is 5.24. The van der Waals surface area contributed by atoms with Gasteiger partial charge in [-0.1, -0.05) is 19.1 Å². The highest BCUT2D eigenvalue weighted by molar-refractivity contribution is 5.30. The van der Waals surface area contributed by atoms with Crippen LogP contribution in [0.1, 0.15) is 49.3 Å². The van der Waals surface area contributed by atoms with Crippen LogP contribution in [0.5, 0.6) is 0 Å². The summed E-state index contributed by atoms with van der Waals surface area (Å²) in [5.41, 5.74) is 2.82. The molecule has 21 heavy (non-hydrogen) atoms. The molecular formula is C18H27FN2. The number of rotatable bonds is 4. The minimum absolute atomic E-state index is 0.0485. The number of piperidine rings is 1. The van der Waals surface area contributed by atoms with Crippen LogP contribution in [-0.4, -0.2) is 29.6 Å². The molecule has 1 aromatic rings. The van der Waals surface area contributed by atoms with Gasteiger partial charge < -0.3 is 5.32 Å². The number of aryl methyl sites for hydroxylation is 2. The van der Waals surface area contributed by atoms with E-state index in [1.54, 1.807) is 0 Å². The minimum atomic E-state index is -0.0485. The van der Waals surface area contributed by atoms with Gasteiger partial charge in [-0.3, -0.25) is 4.90 Å². The van der Waals surface area contributed by atoms with Gasteiger partial charge in [0.05, 0.1) is 0 Å². The van der Waals surface area contributed by atoms with Crippen molar-refractivity contribution in [1.29, 1.82) is 0 Å². The van der Waals surface area contributed by atoms with Gasteiger partial charge in [-0.25, -0.2) is 4.39 Å². The lowest BCUT2D eigenvalue weighted by Gasteiger charge is -2.39. The summed E-state index contributed by atoms with van der Waals surface area (Å²) in [6.45, 7) is 7.99. The van der Waals surface area contributed by atoms with Gasteiger partial charge in [0.2, 0.25) is 0 Å². The maximum atomic E-state index is 13.8. The van der Waals surface area contributed by atoms with Gasteiger partial charge in [0, 0.05) is 24.7 Å². The van der Waals surface area contributed by atoms with Crippen molar-refractivity contribution in [2.24, 2.45) is 0 Å². The fraction of sp³-hybridized carbons (Fsp3) is 0.667. The average molecular weight is 290 g/mol. The fourth-order valence-corrected chi connectivity index (χ4v) is 4.33. The summed E-state index contributed by atoms with van der Waals surface area (Å²) in [7, 11) is 0. The van der Waals surface area contributed by atoms with Gasteiger partial charge in [-0.2, -0.15) is 0 Å². The lowest BCUT2D eigenvalue weighted by molar-refractivity contribution is 0.110. The molecule has 0 amide bonds. The molecule has 0 spiro atoms. The van der Waals surface area contributed by atoms with E-state index in [1.165, 1.54) is 31.2 Å². The number of nitrogens with one attached hydrogen (secondary N) is 1. The van der Waals surface area contributed by atoms with Crippen molar-refractivity contribution in [3.63, 3.8) is 0 Å². The smallest absolute Gasteiger partial charge is 0.129 e. The molecule has 2 bridgehead atoms. The molecule has 116 valence electrons. The van der Waals surface area contributed by atoms with Crippen molar-refractivity contribution in [2.45, 2.75) is 71.1 Å². The van der Waals surface area contributed by atoms with E-state index in [0.717, 1.165) is 24.2 Å². The van der Waals surface area contributed by atoms with Crippen molar-refractivity contribution in [1.82, 2.24) is 10.2 Å². The topological polar surface area (TPSA) is 15.3 Å². The SMILES string of the molecule is CCNC1CC2CCC(C1)N2Cc1cc(C)c(F)c(C)c1. The summed E-state index contributed by atoms with van der Waals surface area (Å²) in [5.74, 6) is -0.0485. The normalized spacial score (nSPS) is 29.0. The van der Waals surface area contributed by atoms with Crippen LogP contribution in [0, 0.1) is 19.7 Å². The van der Waals surface area contributed by atoms with Gasteiger partial charge in [0.1, 0.15) is 5.82 Å². The van der Waals surface area contributed by atoms with E-state index in [1.807, 2.05) is 26.0 Å². The van der Waals surface area contributed by atoms with Crippen LogP contribution in [0.3, 0.4) is 0 Å². The molecule has 0 aliphatic carbocycles.